The van der Waals surface area contributed by atoms with Gasteiger partial charge in [-0.1, -0.05) is 0 Å². The fourth-order valence-electron chi connectivity index (χ4n) is 0.959. The van der Waals surface area contributed by atoms with Gasteiger partial charge >= 0.3 is 12.4 Å². The van der Waals surface area contributed by atoms with Gasteiger partial charge in [0, 0.05) is 6.20 Å². The highest BCUT2D eigenvalue weighted by molar-refractivity contribution is 5.45. The number of pyridine rings is 1. The third kappa shape index (κ3) is 3.59. The molecule has 0 aliphatic heterocycles. The van der Waals surface area contributed by atoms with E-state index >= 15 is 0 Å². The quantitative estimate of drug-likeness (QED) is 0.808. The Balaban J connectivity index is 2.88. The van der Waals surface area contributed by atoms with Gasteiger partial charge < -0.3 is 5.32 Å². The lowest BCUT2D eigenvalue weighted by molar-refractivity contribution is -0.137. The average molecular weight is 244 g/mol. The number of nitrogens with zero attached hydrogens (tertiary/aromatic N) is 1. The van der Waals surface area contributed by atoms with Crippen molar-refractivity contribution in [2.45, 2.75) is 12.4 Å². The van der Waals surface area contributed by atoms with Crippen molar-refractivity contribution < 1.29 is 26.3 Å². The van der Waals surface area contributed by atoms with E-state index in [1.54, 1.807) is 5.32 Å². The van der Waals surface area contributed by atoms with Gasteiger partial charge in [-0.05, 0) is 12.1 Å². The van der Waals surface area contributed by atoms with Crippen LogP contribution in [0.2, 0.25) is 0 Å². The SMILES string of the molecule is FC(F)(F)CNc1ncccc1C(F)(F)F. The number of aromatic nitrogens is 1. The van der Waals surface area contributed by atoms with Crippen LogP contribution in [0.15, 0.2) is 18.3 Å². The van der Waals surface area contributed by atoms with Crippen LogP contribution in [0.4, 0.5) is 32.2 Å². The van der Waals surface area contributed by atoms with E-state index in [1.165, 1.54) is 0 Å². The molecule has 1 aromatic heterocycles. The maximum atomic E-state index is 12.3. The minimum Gasteiger partial charge on any atom is -0.361 e. The number of alkyl halides is 6. The molecule has 0 atom stereocenters. The summed E-state index contributed by atoms with van der Waals surface area (Å²) in [5.74, 6) is -0.827. The van der Waals surface area contributed by atoms with Crippen molar-refractivity contribution in [2.24, 2.45) is 0 Å². The fraction of sp³-hybridized carbons (Fsp3) is 0.375. The lowest BCUT2D eigenvalue weighted by atomic mass is 10.2. The Morgan fingerprint density at radius 1 is 1.12 bits per heavy atom. The van der Waals surface area contributed by atoms with Crippen LogP contribution in [-0.2, 0) is 6.18 Å². The third-order valence-electron chi connectivity index (χ3n) is 1.57. The van der Waals surface area contributed by atoms with Gasteiger partial charge in [0.1, 0.15) is 12.4 Å². The van der Waals surface area contributed by atoms with Crippen molar-refractivity contribution in [3.05, 3.63) is 23.9 Å². The first-order chi connectivity index (χ1) is 7.20. The molecular weight excluding hydrogens is 238 g/mol. The van der Waals surface area contributed by atoms with Crippen LogP contribution in [0, 0.1) is 0 Å². The van der Waals surface area contributed by atoms with E-state index in [-0.39, 0.29) is 0 Å². The smallest absolute Gasteiger partial charge is 0.361 e. The predicted molar refractivity (Wildman–Crippen MR) is 43.8 cm³/mol. The molecule has 0 aliphatic carbocycles. The Morgan fingerprint density at radius 2 is 1.75 bits per heavy atom. The number of anilines is 1. The molecule has 0 saturated heterocycles. The van der Waals surface area contributed by atoms with Crippen molar-refractivity contribution in [1.82, 2.24) is 4.98 Å². The second kappa shape index (κ2) is 4.18. The summed E-state index contributed by atoms with van der Waals surface area (Å²) in [6, 6.07) is 1.66. The summed E-state index contributed by atoms with van der Waals surface area (Å²) in [4.78, 5) is 3.22. The van der Waals surface area contributed by atoms with Crippen molar-refractivity contribution in [3.63, 3.8) is 0 Å². The van der Waals surface area contributed by atoms with E-state index in [9.17, 15) is 26.3 Å². The van der Waals surface area contributed by atoms with E-state index in [0.29, 0.717) is 6.07 Å². The molecule has 0 spiro atoms. The van der Waals surface area contributed by atoms with Crippen molar-refractivity contribution in [2.75, 3.05) is 11.9 Å². The average Bonchev–Trinajstić information content (AvgIpc) is 2.12. The van der Waals surface area contributed by atoms with Gasteiger partial charge in [-0.25, -0.2) is 4.98 Å². The number of halogens is 6. The first-order valence-corrected chi connectivity index (χ1v) is 4.03. The van der Waals surface area contributed by atoms with Gasteiger partial charge in [-0.15, -0.1) is 0 Å². The molecule has 0 unspecified atom stereocenters. The minimum atomic E-state index is -4.73. The summed E-state index contributed by atoms with van der Waals surface area (Å²) in [6.45, 7) is -1.56. The number of rotatable bonds is 2. The largest absolute Gasteiger partial charge is 0.419 e. The second-order valence-electron chi connectivity index (χ2n) is 2.87. The first-order valence-electron chi connectivity index (χ1n) is 4.03. The van der Waals surface area contributed by atoms with Gasteiger partial charge in [0.2, 0.25) is 0 Å². The maximum Gasteiger partial charge on any atom is 0.419 e. The van der Waals surface area contributed by atoms with E-state index in [1.807, 2.05) is 0 Å². The highest BCUT2D eigenvalue weighted by atomic mass is 19.4. The van der Waals surface area contributed by atoms with Crippen LogP contribution in [-0.4, -0.2) is 17.7 Å². The van der Waals surface area contributed by atoms with Crippen LogP contribution in [0.3, 0.4) is 0 Å². The molecule has 1 heterocycles. The zero-order chi connectivity index (χ0) is 12.4. The molecular formula is C8H6F6N2. The van der Waals surface area contributed by atoms with Crippen molar-refractivity contribution in [1.29, 1.82) is 0 Å². The van der Waals surface area contributed by atoms with Gasteiger partial charge in [0.25, 0.3) is 0 Å². The monoisotopic (exact) mass is 244 g/mol. The standard InChI is InChI=1S/C8H6F6N2/c9-7(10,11)4-16-6-5(8(12,13)14)2-1-3-15-6/h1-3H,4H2,(H,15,16). The van der Waals surface area contributed by atoms with Crippen LogP contribution in [0.1, 0.15) is 5.56 Å². The topological polar surface area (TPSA) is 24.9 Å². The van der Waals surface area contributed by atoms with Crippen molar-refractivity contribution >= 4 is 5.82 Å². The summed E-state index contributed by atoms with van der Waals surface area (Å²) in [6.07, 6.45) is -8.35. The third-order valence-corrected chi connectivity index (χ3v) is 1.57. The molecule has 0 amide bonds. The molecule has 2 nitrogen and oxygen atoms in total. The molecule has 1 aromatic rings. The molecule has 0 aromatic carbocycles. The lowest BCUT2D eigenvalue weighted by Gasteiger charge is -2.14. The summed E-state index contributed by atoms with van der Waals surface area (Å²) in [7, 11) is 0. The van der Waals surface area contributed by atoms with Crippen LogP contribution in [0.5, 0.6) is 0 Å². The highest BCUT2D eigenvalue weighted by Crippen LogP contribution is 2.33. The summed E-state index contributed by atoms with van der Waals surface area (Å²) in [5.41, 5.74) is -1.22. The van der Waals surface area contributed by atoms with Crippen LogP contribution < -0.4 is 5.32 Å². The van der Waals surface area contributed by atoms with Crippen LogP contribution in [0.25, 0.3) is 0 Å². The molecule has 1 rings (SSSR count). The Morgan fingerprint density at radius 3 is 2.25 bits per heavy atom. The second-order valence-corrected chi connectivity index (χ2v) is 2.87. The Kier molecular flexibility index (Phi) is 3.30. The highest BCUT2D eigenvalue weighted by Gasteiger charge is 2.35. The summed E-state index contributed by atoms with van der Waals surface area (Å²) in [5, 5.41) is 1.60. The molecule has 0 radical (unpaired) electrons. The van der Waals surface area contributed by atoms with Gasteiger partial charge in [0.05, 0.1) is 5.56 Å². The van der Waals surface area contributed by atoms with E-state index in [0.717, 1.165) is 12.3 Å². The fourth-order valence-corrected chi connectivity index (χ4v) is 0.959. The molecule has 0 aliphatic rings. The van der Waals surface area contributed by atoms with E-state index < -0.39 is 30.3 Å². The summed E-state index contributed by atoms with van der Waals surface area (Å²) >= 11 is 0. The van der Waals surface area contributed by atoms with Gasteiger partial charge in [-0.2, -0.15) is 26.3 Å². The Hall–Kier alpha value is -1.47. The molecule has 8 heteroatoms. The lowest BCUT2D eigenvalue weighted by Crippen LogP contribution is -2.23. The molecule has 0 fully saturated rings. The van der Waals surface area contributed by atoms with Crippen LogP contribution >= 0.6 is 0 Å². The van der Waals surface area contributed by atoms with E-state index in [4.69, 9.17) is 0 Å². The summed E-state index contributed by atoms with van der Waals surface area (Å²) < 4.78 is 72.3. The van der Waals surface area contributed by atoms with Gasteiger partial charge in [0.15, 0.2) is 0 Å². The Labute approximate surface area is 86.3 Å². The maximum absolute atomic E-state index is 12.3. The minimum absolute atomic E-state index is 0.658. The number of hydrogen-bond acceptors (Lipinski definition) is 2. The predicted octanol–water partition coefficient (Wildman–Crippen LogP) is 3.07. The molecule has 1 N–H and O–H groups in total. The zero-order valence-electron chi connectivity index (χ0n) is 7.65. The normalized spacial score (nSPS) is 12.6. The zero-order valence-corrected chi connectivity index (χ0v) is 7.65. The van der Waals surface area contributed by atoms with E-state index in [2.05, 4.69) is 4.98 Å². The molecule has 16 heavy (non-hydrogen) atoms. The van der Waals surface area contributed by atoms with Gasteiger partial charge in [-0.3, -0.25) is 0 Å². The van der Waals surface area contributed by atoms with Crippen molar-refractivity contribution in [3.8, 4) is 0 Å². The number of hydrogen-bond donors (Lipinski definition) is 1. The molecule has 90 valence electrons. The first kappa shape index (κ1) is 12.6. The number of nitrogens with one attached hydrogen (secondary N) is 1. The molecule has 0 bridgehead atoms. The Bertz CT molecular complexity index is 356. The molecule has 0 saturated carbocycles.